The summed E-state index contributed by atoms with van der Waals surface area (Å²) in [4.78, 5) is 11.1. The van der Waals surface area contributed by atoms with Gasteiger partial charge in [0, 0.05) is 32.6 Å². The summed E-state index contributed by atoms with van der Waals surface area (Å²) in [6, 6.07) is 7.52. The lowest BCUT2D eigenvalue weighted by Crippen LogP contribution is -2.39. The van der Waals surface area contributed by atoms with E-state index in [1.807, 2.05) is 69.4 Å². The number of benzene rings is 1. The largest absolute Gasteiger partial charge is 0.491 e. The zero-order valence-electron chi connectivity index (χ0n) is 17.7. The van der Waals surface area contributed by atoms with Crippen LogP contribution >= 0.6 is 35.3 Å². The van der Waals surface area contributed by atoms with Crippen molar-refractivity contribution in [3.63, 3.8) is 0 Å². The SMILES string of the molecule is CCNC(=NCc1csc(N(C)C)n1)NCC(O)c1ccc(OC(C)C)cc1.I. The molecule has 0 aliphatic carbocycles. The predicted octanol–water partition coefficient (Wildman–Crippen LogP) is 3.40. The number of nitrogens with one attached hydrogen (secondary N) is 2. The molecule has 1 aromatic carbocycles. The van der Waals surface area contributed by atoms with Gasteiger partial charge >= 0.3 is 0 Å². The van der Waals surface area contributed by atoms with Gasteiger partial charge in [0.05, 0.1) is 24.4 Å². The van der Waals surface area contributed by atoms with Crippen molar-refractivity contribution in [2.24, 2.45) is 4.99 Å². The molecule has 1 heterocycles. The molecule has 29 heavy (non-hydrogen) atoms. The minimum Gasteiger partial charge on any atom is -0.491 e. The molecule has 2 rings (SSSR count). The summed E-state index contributed by atoms with van der Waals surface area (Å²) in [7, 11) is 3.95. The molecule has 0 saturated heterocycles. The third-order valence-corrected chi connectivity index (χ3v) is 4.82. The summed E-state index contributed by atoms with van der Waals surface area (Å²) in [6.45, 7) is 7.56. The van der Waals surface area contributed by atoms with E-state index < -0.39 is 6.10 Å². The van der Waals surface area contributed by atoms with Crippen LogP contribution in [0.3, 0.4) is 0 Å². The minimum absolute atomic E-state index is 0. The molecule has 0 aliphatic heterocycles. The first-order valence-electron chi connectivity index (χ1n) is 9.47. The fourth-order valence-corrected chi connectivity index (χ4v) is 3.18. The molecule has 0 fully saturated rings. The Bertz CT molecular complexity index is 750. The number of ether oxygens (including phenoxy) is 1. The molecule has 1 unspecified atom stereocenters. The number of hydrogen-bond acceptors (Lipinski definition) is 6. The number of rotatable bonds is 9. The average molecular weight is 533 g/mol. The highest BCUT2D eigenvalue weighted by Gasteiger charge is 2.10. The normalized spacial score (nSPS) is 12.3. The van der Waals surface area contributed by atoms with E-state index >= 15 is 0 Å². The van der Waals surface area contributed by atoms with Gasteiger partial charge in [-0.25, -0.2) is 9.98 Å². The van der Waals surface area contributed by atoms with Gasteiger partial charge in [-0.05, 0) is 38.5 Å². The molecule has 1 aromatic heterocycles. The van der Waals surface area contributed by atoms with Crippen molar-refractivity contribution in [3.05, 3.63) is 40.9 Å². The molecule has 1 atom stereocenters. The molecule has 0 amide bonds. The van der Waals surface area contributed by atoms with Crippen LogP contribution in [-0.4, -0.2) is 49.3 Å². The fraction of sp³-hybridized carbons (Fsp3) is 0.500. The quantitative estimate of drug-likeness (QED) is 0.261. The molecule has 0 saturated carbocycles. The number of guanidine groups is 1. The van der Waals surface area contributed by atoms with Crippen molar-refractivity contribution in [1.29, 1.82) is 0 Å². The van der Waals surface area contributed by atoms with Gasteiger partial charge in [-0.1, -0.05) is 12.1 Å². The van der Waals surface area contributed by atoms with Gasteiger partial charge in [0.1, 0.15) is 5.75 Å². The Morgan fingerprint density at radius 1 is 1.24 bits per heavy atom. The number of hydrogen-bond donors (Lipinski definition) is 3. The summed E-state index contributed by atoms with van der Waals surface area (Å²) >= 11 is 1.60. The van der Waals surface area contributed by atoms with E-state index in [0.29, 0.717) is 19.0 Å². The van der Waals surface area contributed by atoms with E-state index in [0.717, 1.165) is 28.7 Å². The second-order valence-electron chi connectivity index (χ2n) is 6.84. The third-order valence-electron chi connectivity index (χ3n) is 3.77. The standard InChI is InChI=1S/C20H31N5O2S.HI/c1-6-21-19(22-11-16-13-28-20(24-16)25(4)5)23-12-18(26)15-7-9-17(10-8-15)27-14(2)3;/h7-10,13-14,18,26H,6,11-12H2,1-5H3,(H2,21,22,23);1H. The Labute approximate surface area is 194 Å². The van der Waals surface area contributed by atoms with E-state index in [1.54, 1.807) is 11.3 Å². The molecular formula is C20H32IN5O2S. The second kappa shape index (κ2) is 12.9. The van der Waals surface area contributed by atoms with Crippen LogP contribution in [0.4, 0.5) is 5.13 Å². The predicted molar refractivity (Wildman–Crippen MR) is 132 cm³/mol. The van der Waals surface area contributed by atoms with Gasteiger partial charge < -0.3 is 25.4 Å². The molecule has 0 bridgehead atoms. The highest BCUT2D eigenvalue weighted by atomic mass is 127. The smallest absolute Gasteiger partial charge is 0.191 e. The van der Waals surface area contributed by atoms with E-state index in [1.165, 1.54) is 0 Å². The first kappa shape index (κ1) is 25.4. The minimum atomic E-state index is -0.642. The molecular weight excluding hydrogens is 501 g/mol. The van der Waals surface area contributed by atoms with Gasteiger partial charge in [-0.15, -0.1) is 35.3 Å². The monoisotopic (exact) mass is 533 g/mol. The van der Waals surface area contributed by atoms with Gasteiger partial charge in [0.2, 0.25) is 0 Å². The van der Waals surface area contributed by atoms with Crippen molar-refractivity contribution in [1.82, 2.24) is 15.6 Å². The number of aliphatic imine (C=N–C) groups is 1. The lowest BCUT2D eigenvalue weighted by Gasteiger charge is -2.16. The number of halogens is 1. The molecule has 0 radical (unpaired) electrons. The van der Waals surface area contributed by atoms with Crippen LogP contribution in [-0.2, 0) is 6.54 Å². The summed E-state index contributed by atoms with van der Waals surface area (Å²) in [5.41, 5.74) is 1.75. The van der Waals surface area contributed by atoms with E-state index in [2.05, 4.69) is 20.6 Å². The lowest BCUT2D eigenvalue weighted by molar-refractivity contribution is 0.180. The van der Waals surface area contributed by atoms with Crippen LogP contribution in [0.1, 0.15) is 38.1 Å². The lowest BCUT2D eigenvalue weighted by atomic mass is 10.1. The van der Waals surface area contributed by atoms with E-state index in [4.69, 9.17) is 4.74 Å². The first-order valence-corrected chi connectivity index (χ1v) is 10.4. The van der Waals surface area contributed by atoms with E-state index in [-0.39, 0.29) is 30.1 Å². The first-order chi connectivity index (χ1) is 13.4. The Morgan fingerprint density at radius 3 is 2.48 bits per heavy atom. The van der Waals surface area contributed by atoms with Gasteiger partial charge in [0.25, 0.3) is 0 Å². The van der Waals surface area contributed by atoms with Crippen LogP contribution in [0.15, 0.2) is 34.6 Å². The van der Waals surface area contributed by atoms with Crippen molar-refractivity contribution in [2.75, 3.05) is 32.1 Å². The van der Waals surface area contributed by atoms with Crippen LogP contribution in [0.25, 0.3) is 0 Å². The third kappa shape index (κ3) is 8.75. The molecule has 0 aliphatic rings. The zero-order valence-corrected chi connectivity index (χ0v) is 20.8. The Balaban J connectivity index is 0.00000420. The van der Waals surface area contributed by atoms with Crippen LogP contribution in [0, 0.1) is 0 Å². The molecule has 2 aromatic rings. The summed E-state index contributed by atoms with van der Waals surface area (Å²) in [5, 5.41) is 19.8. The molecule has 0 spiro atoms. The second-order valence-corrected chi connectivity index (χ2v) is 7.68. The highest BCUT2D eigenvalue weighted by Crippen LogP contribution is 2.19. The van der Waals surface area contributed by atoms with Gasteiger partial charge in [-0.3, -0.25) is 0 Å². The maximum atomic E-state index is 10.5. The summed E-state index contributed by atoms with van der Waals surface area (Å²) in [6.07, 6.45) is -0.514. The number of aliphatic hydroxyl groups excluding tert-OH is 1. The van der Waals surface area contributed by atoms with Crippen molar-refractivity contribution in [2.45, 2.75) is 39.5 Å². The molecule has 7 nitrogen and oxygen atoms in total. The average Bonchev–Trinajstić information content (AvgIpc) is 3.13. The van der Waals surface area contributed by atoms with E-state index in [9.17, 15) is 5.11 Å². The van der Waals surface area contributed by atoms with Crippen LogP contribution in [0.2, 0.25) is 0 Å². The number of aromatic nitrogens is 1. The number of thiazole rings is 1. The van der Waals surface area contributed by atoms with Gasteiger partial charge in [-0.2, -0.15) is 0 Å². The van der Waals surface area contributed by atoms with Crippen molar-refractivity contribution in [3.8, 4) is 5.75 Å². The number of anilines is 1. The number of nitrogens with zero attached hydrogens (tertiary/aromatic N) is 3. The highest BCUT2D eigenvalue weighted by molar-refractivity contribution is 14.0. The Morgan fingerprint density at radius 2 is 1.93 bits per heavy atom. The van der Waals surface area contributed by atoms with Crippen molar-refractivity contribution >= 4 is 46.4 Å². The van der Waals surface area contributed by atoms with Gasteiger partial charge in [0.15, 0.2) is 11.1 Å². The fourth-order valence-electron chi connectivity index (χ4n) is 2.43. The van der Waals surface area contributed by atoms with Crippen LogP contribution in [0.5, 0.6) is 5.75 Å². The summed E-state index contributed by atoms with van der Waals surface area (Å²) in [5.74, 6) is 1.45. The summed E-state index contributed by atoms with van der Waals surface area (Å²) < 4.78 is 5.64. The maximum Gasteiger partial charge on any atom is 0.191 e. The Kier molecular flexibility index (Phi) is 11.3. The number of aliphatic hydroxyl groups is 1. The molecule has 162 valence electrons. The Hall–Kier alpha value is -1.59. The maximum absolute atomic E-state index is 10.5. The topological polar surface area (TPSA) is 82.0 Å². The zero-order chi connectivity index (χ0) is 20.5. The molecule has 3 N–H and O–H groups in total. The van der Waals surface area contributed by atoms with Crippen LogP contribution < -0.4 is 20.3 Å². The molecule has 9 heteroatoms. The van der Waals surface area contributed by atoms with Crippen molar-refractivity contribution < 1.29 is 9.84 Å².